The molecule has 0 aromatic heterocycles. The largest absolute Gasteiger partial charge is 0.508 e. The van der Waals surface area contributed by atoms with E-state index in [1.54, 1.807) is 37.4 Å². The lowest BCUT2D eigenvalue weighted by Crippen LogP contribution is -2.00. The lowest BCUT2D eigenvalue weighted by Gasteiger charge is -2.10. The van der Waals surface area contributed by atoms with Gasteiger partial charge in [0.15, 0.2) is 0 Å². The Hall–Kier alpha value is -3.40. The highest BCUT2D eigenvalue weighted by molar-refractivity contribution is 6.09. The SMILES string of the molecule is C=Cc1cc(C(/C=C\N)=NC)cc(/C=C\c2cccc(O)c2)c1N=C. The van der Waals surface area contributed by atoms with Gasteiger partial charge in [0.2, 0.25) is 0 Å². The molecule has 0 aliphatic heterocycles. The average Bonchev–Trinajstić information content (AvgIpc) is 2.63. The quantitative estimate of drug-likeness (QED) is 0.607. The summed E-state index contributed by atoms with van der Waals surface area (Å²) in [6, 6.07) is 10.9. The van der Waals surface area contributed by atoms with Crippen molar-refractivity contribution in [2.75, 3.05) is 7.05 Å². The normalized spacial score (nSPS) is 12.0. The van der Waals surface area contributed by atoms with E-state index in [2.05, 4.69) is 23.3 Å². The highest BCUT2D eigenvalue weighted by Gasteiger charge is 2.09. The number of allylic oxidation sites excluding steroid dienone is 1. The molecule has 0 bridgehead atoms. The van der Waals surface area contributed by atoms with Crippen molar-refractivity contribution < 1.29 is 5.11 Å². The number of aliphatic imine (C=N–C) groups is 2. The van der Waals surface area contributed by atoms with Gasteiger partial charge in [-0.05, 0) is 48.8 Å². The van der Waals surface area contributed by atoms with Crippen molar-refractivity contribution >= 4 is 36.3 Å². The van der Waals surface area contributed by atoms with Gasteiger partial charge in [-0.3, -0.25) is 9.98 Å². The first kappa shape index (κ1) is 17.9. The van der Waals surface area contributed by atoms with Crippen LogP contribution < -0.4 is 5.73 Å². The number of benzene rings is 2. The number of rotatable bonds is 6. The molecule has 4 heteroatoms. The van der Waals surface area contributed by atoms with Crippen molar-refractivity contribution in [1.29, 1.82) is 0 Å². The number of nitrogens with zero attached hydrogens (tertiary/aromatic N) is 2. The molecule has 25 heavy (non-hydrogen) atoms. The fourth-order valence-electron chi connectivity index (χ4n) is 2.50. The molecule has 2 rings (SSSR count). The van der Waals surface area contributed by atoms with Gasteiger partial charge >= 0.3 is 0 Å². The molecular formula is C21H21N3O. The summed E-state index contributed by atoms with van der Waals surface area (Å²) in [5.74, 6) is 0.221. The number of phenolic OH excluding ortho intramolecular Hbond substituents is 1. The Kier molecular flexibility index (Phi) is 6.07. The minimum Gasteiger partial charge on any atom is -0.508 e. The van der Waals surface area contributed by atoms with Crippen LogP contribution in [0.4, 0.5) is 5.69 Å². The van der Waals surface area contributed by atoms with Gasteiger partial charge in [-0.2, -0.15) is 0 Å². The van der Waals surface area contributed by atoms with Crippen LogP contribution in [-0.4, -0.2) is 24.6 Å². The lowest BCUT2D eigenvalue weighted by molar-refractivity contribution is 0.475. The second kappa shape index (κ2) is 8.45. The first-order valence-corrected chi connectivity index (χ1v) is 7.72. The number of aromatic hydroxyl groups is 1. The Balaban J connectivity index is 2.58. The monoisotopic (exact) mass is 331 g/mol. The molecular weight excluding hydrogens is 310 g/mol. The summed E-state index contributed by atoms with van der Waals surface area (Å²) >= 11 is 0. The van der Waals surface area contributed by atoms with Gasteiger partial charge < -0.3 is 10.8 Å². The molecule has 0 saturated carbocycles. The molecule has 2 aromatic rings. The van der Waals surface area contributed by atoms with Crippen LogP contribution in [-0.2, 0) is 0 Å². The molecule has 0 saturated heterocycles. The van der Waals surface area contributed by atoms with Crippen molar-refractivity contribution in [3.8, 4) is 5.75 Å². The summed E-state index contributed by atoms with van der Waals surface area (Å²) in [7, 11) is 1.71. The Morgan fingerprint density at radius 2 is 1.92 bits per heavy atom. The van der Waals surface area contributed by atoms with Crippen LogP contribution in [0.15, 0.2) is 65.2 Å². The molecule has 0 fully saturated rings. The van der Waals surface area contributed by atoms with Crippen molar-refractivity contribution in [2.45, 2.75) is 0 Å². The van der Waals surface area contributed by atoms with E-state index in [1.165, 1.54) is 6.20 Å². The fraction of sp³-hybridized carbons (Fsp3) is 0.0476. The van der Waals surface area contributed by atoms with E-state index in [4.69, 9.17) is 5.73 Å². The van der Waals surface area contributed by atoms with Crippen LogP contribution in [0, 0.1) is 0 Å². The van der Waals surface area contributed by atoms with Crippen molar-refractivity contribution in [3.63, 3.8) is 0 Å². The van der Waals surface area contributed by atoms with Crippen LogP contribution in [0.1, 0.15) is 22.3 Å². The molecule has 0 unspecified atom stereocenters. The van der Waals surface area contributed by atoms with E-state index < -0.39 is 0 Å². The first-order chi connectivity index (χ1) is 12.1. The van der Waals surface area contributed by atoms with Gasteiger partial charge in [0, 0.05) is 23.7 Å². The predicted molar refractivity (Wildman–Crippen MR) is 109 cm³/mol. The maximum Gasteiger partial charge on any atom is 0.116 e. The molecule has 0 atom stereocenters. The zero-order valence-electron chi connectivity index (χ0n) is 14.2. The maximum absolute atomic E-state index is 9.59. The van der Waals surface area contributed by atoms with E-state index in [1.807, 2.05) is 30.4 Å². The third-order valence-corrected chi connectivity index (χ3v) is 3.66. The smallest absolute Gasteiger partial charge is 0.116 e. The zero-order valence-corrected chi connectivity index (χ0v) is 14.2. The molecule has 0 amide bonds. The van der Waals surface area contributed by atoms with E-state index >= 15 is 0 Å². The summed E-state index contributed by atoms with van der Waals surface area (Å²) in [6.07, 6.45) is 8.76. The van der Waals surface area contributed by atoms with E-state index in [0.717, 1.165) is 33.7 Å². The third kappa shape index (κ3) is 4.32. The molecule has 0 heterocycles. The van der Waals surface area contributed by atoms with Crippen LogP contribution in [0.2, 0.25) is 0 Å². The Morgan fingerprint density at radius 1 is 1.16 bits per heavy atom. The topological polar surface area (TPSA) is 71.0 Å². The van der Waals surface area contributed by atoms with Gasteiger partial charge in [0.1, 0.15) is 5.75 Å². The summed E-state index contributed by atoms with van der Waals surface area (Å²) in [5, 5.41) is 9.59. The molecule has 0 spiro atoms. The van der Waals surface area contributed by atoms with E-state index in [-0.39, 0.29) is 5.75 Å². The third-order valence-electron chi connectivity index (χ3n) is 3.66. The van der Waals surface area contributed by atoms with E-state index in [9.17, 15) is 5.11 Å². The molecule has 0 radical (unpaired) electrons. The molecule has 3 N–H and O–H groups in total. The van der Waals surface area contributed by atoms with Gasteiger partial charge in [-0.15, -0.1) is 0 Å². The number of phenols is 1. The van der Waals surface area contributed by atoms with Gasteiger partial charge in [-0.25, -0.2) is 0 Å². The first-order valence-electron chi connectivity index (χ1n) is 7.72. The van der Waals surface area contributed by atoms with Crippen LogP contribution in [0.25, 0.3) is 18.2 Å². The van der Waals surface area contributed by atoms with Crippen molar-refractivity contribution in [3.05, 3.63) is 77.5 Å². The van der Waals surface area contributed by atoms with Crippen LogP contribution in [0.5, 0.6) is 5.75 Å². The fourth-order valence-corrected chi connectivity index (χ4v) is 2.50. The standard InChI is InChI=1S/C21H21N3O/c1-4-16-13-18(20(23-2)10-11-22)14-17(21(16)24-3)9-8-15-6-5-7-19(25)12-15/h4-14,25H,1,3,22H2,2H3/b9-8-,11-10-,23-20?. The van der Waals surface area contributed by atoms with Gasteiger partial charge in [-0.1, -0.05) is 36.9 Å². The van der Waals surface area contributed by atoms with Crippen LogP contribution in [0.3, 0.4) is 0 Å². The second-order valence-corrected chi connectivity index (χ2v) is 5.26. The summed E-state index contributed by atoms with van der Waals surface area (Å²) in [6.45, 7) is 7.52. The number of nitrogens with two attached hydrogens (primary N) is 1. The predicted octanol–water partition coefficient (Wildman–Crippen LogP) is 4.43. The molecule has 0 aliphatic rings. The molecule has 0 aliphatic carbocycles. The molecule has 126 valence electrons. The number of hydrogen-bond acceptors (Lipinski definition) is 4. The molecule has 2 aromatic carbocycles. The Morgan fingerprint density at radius 3 is 2.52 bits per heavy atom. The maximum atomic E-state index is 9.59. The summed E-state index contributed by atoms with van der Waals surface area (Å²) in [4.78, 5) is 8.40. The lowest BCUT2D eigenvalue weighted by atomic mass is 9.98. The van der Waals surface area contributed by atoms with Crippen molar-refractivity contribution in [1.82, 2.24) is 0 Å². The zero-order chi connectivity index (χ0) is 18.2. The highest BCUT2D eigenvalue weighted by Crippen LogP contribution is 2.29. The minimum atomic E-state index is 0.221. The average molecular weight is 331 g/mol. The van der Waals surface area contributed by atoms with Crippen LogP contribution >= 0.6 is 0 Å². The van der Waals surface area contributed by atoms with E-state index in [0.29, 0.717) is 0 Å². The highest BCUT2D eigenvalue weighted by atomic mass is 16.3. The Labute approximate surface area is 148 Å². The molecule has 4 nitrogen and oxygen atoms in total. The number of hydrogen-bond donors (Lipinski definition) is 2. The summed E-state index contributed by atoms with van der Waals surface area (Å²) < 4.78 is 0. The summed E-state index contributed by atoms with van der Waals surface area (Å²) in [5.41, 5.74) is 10.5. The second-order valence-electron chi connectivity index (χ2n) is 5.26. The van der Waals surface area contributed by atoms with Crippen molar-refractivity contribution in [2.24, 2.45) is 15.7 Å². The van der Waals surface area contributed by atoms with Gasteiger partial charge in [0.05, 0.1) is 11.4 Å². The van der Waals surface area contributed by atoms with Gasteiger partial charge in [0.25, 0.3) is 0 Å². The minimum absolute atomic E-state index is 0.221. The Bertz CT molecular complexity index is 877.